The number of rotatable bonds is 3. The van der Waals surface area contributed by atoms with Gasteiger partial charge in [0.2, 0.25) is 5.91 Å². The van der Waals surface area contributed by atoms with Gasteiger partial charge in [-0.25, -0.2) is 4.79 Å². The number of carboxylic acids is 1. The van der Waals surface area contributed by atoms with Crippen molar-refractivity contribution in [2.24, 2.45) is 11.7 Å². The predicted molar refractivity (Wildman–Crippen MR) is 59.8 cm³/mol. The van der Waals surface area contributed by atoms with Gasteiger partial charge in [0, 0.05) is 6.54 Å². The summed E-state index contributed by atoms with van der Waals surface area (Å²) in [6.45, 7) is 4.34. The molecule has 0 aromatic carbocycles. The Labute approximate surface area is 95.6 Å². The third kappa shape index (κ3) is 2.72. The van der Waals surface area contributed by atoms with Crippen LogP contribution in [0.3, 0.4) is 0 Å². The van der Waals surface area contributed by atoms with Crippen LogP contribution in [0.15, 0.2) is 0 Å². The number of nitrogens with zero attached hydrogens (tertiary/aromatic N) is 1. The Morgan fingerprint density at radius 1 is 1.56 bits per heavy atom. The molecule has 5 nitrogen and oxygen atoms in total. The van der Waals surface area contributed by atoms with E-state index in [2.05, 4.69) is 0 Å². The highest BCUT2D eigenvalue weighted by molar-refractivity contribution is 5.87. The molecule has 0 aliphatic carbocycles. The van der Waals surface area contributed by atoms with Crippen LogP contribution >= 0.6 is 0 Å². The number of carboxylic acid groups (broad SMARTS) is 1. The van der Waals surface area contributed by atoms with Crippen molar-refractivity contribution in [3.05, 3.63) is 0 Å². The summed E-state index contributed by atoms with van der Waals surface area (Å²) in [5, 5.41) is 9.10. The Morgan fingerprint density at radius 2 is 2.19 bits per heavy atom. The van der Waals surface area contributed by atoms with Crippen LogP contribution in [-0.2, 0) is 9.59 Å². The van der Waals surface area contributed by atoms with Crippen LogP contribution in [0.25, 0.3) is 0 Å². The zero-order chi connectivity index (χ0) is 12.3. The quantitative estimate of drug-likeness (QED) is 0.734. The van der Waals surface area contributed by atoms with Gasteiger partial charge in [-0.2, -0.15) is 0 Å². The molecule has 0 radical (unpaired) electrons. The van der Waals surface area contributed by atoms with E-state index in [1.165, 1.54) is 4.90 Å². The summed E-state index contributed by atoms with van der Waals surface area (Å²) in [6.07, 6.45) is 1.92. The molecule has 3 N–H and O–H groups in total. The highest BCUT2D eigenvalue weighted by atomic mass is 16.4. The standard InChI is InChI=1S/C11H20N2O3/c1-3-8(12)10(14)13-5-4-7(2)6-9(13)11(15)16/h7-9H,3-6,12H2,1-2H3,(H,15,16). The molecule has 0 saturated carbocycles. The molecule has 0 aromatic heterocycles. The van der Waals surface area contributed by atoms with Crippen LogP contribution in [0, 0.1) is 5.92 Å². The molecule has 1 fully saturated rings. The molecular weight excluding hydrogens is 208 g/mol. The van der Waals surface area contributed by atoms with Crippen molar-refractivity contribution < 1.29 is 14.7 Å². The van der Waals surface area contributed by atoms with Gasteiger partial charge in [-0.1, -0.05) is 13.8 Å². The van der Waals surface area contributed by atoms with Crippen molar-refractivity contribution in [3.8, 4) is 0 Å². The molecule has 92 valence electrons. The maximum Gasteiger partial charge on any atom is 0.326 e. The fourth-order valence-corrected chi connectivity index (χ4v) is 2.03. The van der Waals surface area contributed by atoms with E-state index in [9.17, 15) is 9.59 Å². The first kappa shape index (κ1) is 13.0. The molecule has 0 bridgehead atoms. The van der Waals surface area contributed by atoms with Crippen molar-refractivity contribution in [2.75, 3.05) is 6.54 Å². The number of carbonyl (C=O) groups excluding carboxylic acids is 1. The number of piperidine rings is 1. The van der Waals surface area contributed by atoms with E-state index in [0.29, 0.717) is 25.3 Å². The van der Waals surface area contributed by atoms with E-state index < -0.39 is 18.1 Å². The van der Waals surface area contributed by atoms with Crippen molar-refractivity contribution in [3.63, 3.8) is 0 Å². The third-order valence-corrected chi connectivity index (χ3v) is 3.19. The fourth-order valence-electron chi connectivity index (χ4n) is 2.03. The topological polar surface area (TPSA) is 83.6 Å². The normalized spacial score (nSPS) is 27.6. The van der Waals surface area contributed by atoms with Gasteiger partial charge in [0.15, 0.2) is 0 Å². The predicted octanol–water partition coefficient (Wildman–Crippen LogP) is 0.435. The smallest absolute Gasteiger partial charge is 0.326 e. The largest absolute Gasteiger partial charge is 0.480 e. The molecule has 1 rings (SSSR count). The van der Waals surface area contributed by atoms with E-state index in [-0.39, 0.29) is 5.91 Å². The van der Waals surface area contributed by atoms with Crippen LogP contribution in [0.4, 0.5) is 0 Å². The molecule has 3 unspecified atom stereocenters. The number of hydrogen-bond acceptors (Lipinski definition) is 3. The zero-order valence-corrected chi connectivity index (χ0v) is 9.85. The van der Waals surface area contributed by atoms with Crippen molar-refractivity contribution in [2.45, 2.75) is 45.2 Å². The lowest BCUT2D eigenvalue weighted by atomic mass is 9.92. The lowest BCUT2D eigenvalue weighted by molar-refractivity contribution is -0.153. The van der Waals surface area contributed by atoms with Gasteiger partial charge in [-0.05, 0) is 25.2 Å². The summed E-state index contributed by atoms with van der Waals surface area (Å²) in [4.78, 5) is 24.4. The minimum atomic E-state index is -0.928. The average Bonchev–Trinajstić information content (AvgIpc) is 2.26. The average molecular weight is 228 g/mol. The van der Waals surface area contributed by atoms with E-state index >= 15 is 0 Å². The summed E-state index contributed by atoms with van der Waals surface area (Å²) in [7, 11) is 0. The summed E-state index contributed by atoms with van der Waals surface area (Å²) < 4.78 is 0. The molecule has 1 heterocycles. The highest BCUT2D eigenvalue weighted by Gasteiger charge is 2.36. The lowest BCUT2D eigenvalue weighted by Gasteiger charge is -2.37. The van der Waals surface area contributed by atoms with Crippen LogP contribution < -0.4 is 5.73 Å². The second-order valence-corrected chi connectivity index (χ2v) is 4.53. The van der Waals surface area contributed by atoms with Crippen molar-refractivity contribution in [1.82, 2.24) is 4.90 Å². The van der Waals surface area contributed by atoms with Gasteiger partial charge in [0.1, 0.15) is 6.04 Å². The SMILES string of the molecule is CCC(N)C(=O)N1CCC(C)CC1C(=O)O. The van der Waals surface area contributed by atoms with E-state index in [1.54, 1.807) is 0 Å². The Balaban J connectivity index is 2.76. The summed E-state index contributed by atoms with van der Waals surface area (Å²) in [6, 6.07) is -1.27. The number of aliphatic carboxylic acids is 1. The summed E-state index contributed by atoms with van der Waals surface area (Å²) in [5.74, 6) is -0.812. The minimum absolute atomic E-state index is 0.234. The van der Waals surface area contributed by atoms with Gasteiger partial charge < -0.3 is 15.7 Å². The van der Waals surface area contributed by atoms with Gasteiger partial charge in [0.25, 0.3) is 0 Å². The van der Waals surface area contributed by atoms with E-state index in [0.717, 1.165) is 6.42 Å². The third-order valence-electron chi connectivity index (χ3n) is 3.19. The molecule has 1 saturated heterocycles. The zero-order valence-electron chi connectivity index (χ0n) is 9.85. The summed E-state index contributed by atoms with van der Waals surface area (Å²) in [5.41, 5.74) is 5.66. The highest BCUT2D eigenvalue weighted by Crippen LogP contribution is 2.23. The maximum atomic E-state index is 11.9. The van der Waals surface area contributed by atoms with Gasteiger partial charge >= 0.3 is 5.97 Å². The fraction of sp³-hybridized carbons (Fsp3) is 0.818. The van der Waals surface area contributed by atoms with Gasteiger partial charge in [-0.3, -0.25) is 4.79 Å². The lowest BCUT2D eigenvalue weighted by Crippen LogP contribution is -2.54. The number of amides is 1. The van der Waals surface area contributed by atoms with E-state index in [4.69, 9.17) is 10.8 Å². The molecule has 1 amide bonds. The first-order chi connectivity index (χ1) is 7.47. The van der Waals surface area contributed by atoms with Gasteiger partial charge in [0.05, 0.1) is 6.04 Å². The monoisotopic (exact) mass is 228 g/mol. The van der Waals surface area contributed by atoms with Crippen LogP contribution in [0.2, 0.25) is 0 Å². The molecule has 16 heavy (non-hydrogen) atoms. The molecule has 1 aliphatic rings. The molecule has 0 aromatic rings. The second kappa shape index (κ2) is 5.30. The first-order valence-electron chi connectivity index (χ1n) is 5.76. The molecule has 1 aliphatic heterocycles. The molecule has 0 spiro atoms. The second-order valence-electron chi connectivity index (χ2n) is 4.53. The van der Waals surface area contributed by atoms with Crippen molar-refractivity contribution in [1.29, 1.82) is 0 Å². The molecular formula is C11H20N2O3. The Bertz CT molecular complexity index is 280. The van der Waals surface area contributed by atoms with E-state index in [1.807, 2.05) is 13.8 Å². The number of likely N-dealkylation sites (tertiary alicyclic amines) is 1. The first-order valence-corrected chi connectivity index (χ1v) is 5.76. The molecule has 5 heteroatoms. The molecule has 3 atom stereocenters. The van der Waals surface area contributed by atoms with Crippen LogP contribution in [0.5, 0.6) is 0 Å². The van der Waals surface area contributed by atoms with Crippen LogP contribution in [0.1, 0.15) is 33.1 Å². The number of hydrogen-bond donors (Lipinski definition) is 2. The Morgan fingerprint density at radius 3 is 2.69 bits per heavy atom. The summed E-state index contributed by atoms with van der Waals surface area (Å²) >= 11 is 0. The van der Waals surface area contributed by atoms with Crippen LogP contribution in [-0.4, -0.2) is 40.5 Å². The number of nitrogens with two attached hydrogens (primary N) is 1. The van der Waals surface area contributed by atoms with Gasteiger partial charge in [-0.15, -0.1) is 0 Å². The van der Waals surface area contributed by atoms with Crippen molar-refractivity contribution >= 4 is 11.9 Å². The maximum absolute atomic E-state index is 11.9. The Kier molecular flexibility index (Phi) is 4.29. The number of carbonyl (C=O) groups is 2. The Hall–Kier alpha value is -1.10. The minimum Gasteiger partial charge on any atom is -0.480 e.